The van der Waals surface area contributed by atoms with Crippen molar-refractivity contribution >= 4 is 75.4 Å². The second-order valence-electron chi connectivity index (χ2n) is 14.4. The first kappa shape index (κ1) is 31.9. The fourth-order valence-electron chi connectivity index (χ4n) is 8.13. The Kier molecular flexibility index (Phi) is 7.03. The van der Waals surface area contributed by atoms with Crippen LogP contribution in [0.2, 0.25) is 0 Å². The molecule has 0 fully saturated rings. The van der Waals surface area contributed by atoms with Gasteiger partial charge in [-0.1, -0.05) is 127 Å². The molecule has 4 aromatic heterocycles. The second-order valence-corrected chi connectivity index (χ2v) is 15.4. The van der Waals surface area contributed by atoms with E-state index in [2.05, 4.69) is 140 Å². The molecule has 12 rings (SSSR count). The molecule has 0 amide bonds. The van der Waals surface area contributed by atoms with Gasteiger partial charge in [0.1, 0.15) is 22.3 Å². The lowest BCUT2D eigenvalue weighted by Crippen LogP contribution is -2.00. The summed E-state index contributed by atoms with van der Waals surface area (Å²) in [6.07, 6.45) is 0. The first-order valence-corrected chi connectivity index (χ1v) is 19.7. The zero-order chi connectivity index (χ0) is 37.5. The lowest BCUT2D eigenvalue weighted by atomic mass is 10.0. The number of rotatable bonds is 5. The van der Waals surface area contributed by atoms with Crippen LogP contribution in [-0.2, 0) is 0 Å². The quantitative estimate of drug-likeness (QED) is 0.175. The van der Waals surface area contributed by atoms with Gasteiger partial charge in [0.15, 0.2) is 17.5 Å². The fourth-order valence-corrected chi connectivity index (χ4v) is 9.37. The van der Waals surface area contributed by atoms with Crippen molar-refractivity contribution in [3.8, 4) is 56.4 Å². The summed E-state index contributed by atoms with van der Waals surface area (Å²) < 4.78 is 15.3. The van der Waals surface area contributed by atoms with E-state index in [-0.39, 0.29) is 0 Å². The zero-order valence-corrected chi connectivity index (χ0v) is 31.1. The maximum atomic E-state index is 6.43. The Morgan fingerprint density at radius 3 is 1.61 bits per heavy atom. The van der Waals surface area contributed by atoms with Crippen LogP contribution in [0.3, 0.4) is 0 Å². The third-order valence-electron chi connectivity index (χ3n) is 11.0. The SMILES string of the molecule is c1ccc(-c2ccc3oc4cc(-c5nc(-c6ccc(-c7cccc8c7sc7ccccc78)cc6)nc(-c6ccc7c(c6)oc6ccccc67)n5)ccc4c3c2)cc1. The Balaban J connectivity index is 0.987. The third-order valence-corrected chi connectivity index (χ3v) is 12.2. The zero-order valence-electron chi connectivity index (χ0n) is 30.3. The highest BCUT2D eigenvalue weighted by Crippen LogP contribution is 2.41. The second kappa shape index (κ2) is 12.6. The Bertz CT molecular complexity index is 3530. The number of fused-ring (bicyclic) bond motifs is 9. The van der Waals surface area contributed by atoms with Crippen molar-refractivity contribution < 1.29 is 8.83 Å². The molecular formula is C51H29N3O2S. The van der Waals surface area contributed by atoms with E-state index in [1.807, 2.05) is 47.7 Å². The number of thiophene rings is 1. The van der Waals surface area contributed by atoms with Gasteiger partial charge >= 0.3 is 0 Å². The molecule has 0 spiro atoms. The maximum absolute atomic E-state index is 6.43. The molecule has 0 N–H and O–H groups in total. The number of benzene rings is 8. The minimum absolute atomic E-state index is 0.561. The van der Waals surface area contributed by atoms with Crippen LogP contribution >= 0.6 is 11.3 Å². The number of para-hydroxylation sites is 1. The van der Waals surface area contributed by atoms with Crippen molar-refractivity contribution in [2.75, 3.05) is 0 Å². The lowest BCUT2D eigenvalue weighted by Gasteiger charge is -2.10. The lowest BCUT2D eigenvalue weighted by molar-refractivity contribution is 0.668. The highest BCUT2D eigenvalue weighted by molar-refractivity contribution is 7.26. The molecular weight excluding hydrogens is 719 g/mol. The largest absolute Gasteiger partial charge is 0.456 e. The molecule has 0 unspecified atom stereocenters. The summed E-state index contributed by atoms with van der Waals surface area (Å²) in [4.78, 5) is 15.3. The van der Waals surface area contributed by atoms with Gasteiger partial charge in [-0.25, -0.2) is 15.0 Å². The van der Waals surface area contributed by atoms with E-state index in [0.29, 0.717) is 17.5 Å². The van der Waals surface area contributed by atoms with Gasteiger partial charge in [0.05, 0.1) is 0 Å². The molecule has 0 atom stereocenters. The Labute approximate surface area is 330 Å². The van der Waals surface area contributed by atoms with E-state index in [9.17, 15) is 0 Å². The monoisotopic (exact) mass is 747 g/mol. The molecule has 0 saturated carbocycles. The van der Waals surface area contributed by atoms with Crippen molar-refractivity contribution in [2.24, 2.45) is 0 Å². The summed E-state index contributed by atoms with van der Waals surface area (Å²) >= 11 is 1.84. The average molecular weight is 748 g/mol. The number of hydrogen-bond acceptors (Lipinski definition) is 6. The molecule has 6 heteroatoms. The average Bonchev–Trinajstić information content (AvgIpc) is 3.97. The van der Waals surface area contributed by atoms with E-state index in [1.165, 1.54) is 31.3 Å². The normalized spacial score (nSPS) is 11.9. The number of hydrogen-bond donors (Lipinski definition) is 0. The van der Waals surface area contributed by atoms with Crippen LogP contribution in [0.5, 0.6) is 0 Å². The minimum atomic E-state index is 0.561. The van der Waals surface area contributed by atoms with Crippen molar-refractivity contribution in [3.05, 3.63) is 176 Å². The molecule has 4 heterocycles. The molecule has 0 bridgehead atoms. The van der Waals surface area contributed by atoms with E-state index in [4.69, 9.17) is 23.8 Å². The Hall–Kier alpha value is -7.41. The van der Waals surface area contributed by atoms with Crippen LogP contribution < -0.4 is 0 Å². The summed E-state index contributed by atoms with van der Waals surface area (Å²) in [6, 6.07) is 61.0. The number of aromatic nitrogens is 3. The maximum Gasteiger partial charge on any atom is 0.164 e. The molecule has 266 valence electrons. The molecule has 0 aliphatic heterocycles. The van der Waals surface area contributed by atoms with Gasteiger partial charge in [0.2, 0.25) is 0 Å². The van der Waals surface area contributed by atoms with E-state index < -0.39 is 0 Å². The summed E-state index contributed by atoms with van der Waals surface area (Å²) in [5.41, 5.74) is 10.5. The molecule has 0 aliphatic carbocycles. The van der Waals surface area contributed by atoms with E-state index in [1.54, 1.807) is 0 Å². The fraction of sp³-hybridized carbons (Fsp3) is 0. The van der Waals surface area contributed by atoms with E-state index in [0.717, 1.165) is 71.7 Å². The predicted octanol–water partition coefficient (Wildman–Crippen LogP) is 14.4. The summed E-state index contributed by atoms with van der Waals surface area (Å²) in [5, 5.41) is 6.82. The number of furan rings is 2. The highest BCUT2D eigenvalue weighted by Gasteiger charge is 2.18. The van der Waals surface area contributed by atoms with Crippen LogP contribution in [0.4, 0.5) is 0 Å². The molecule has 0 aliphatic rings. The van der Waals surface area contributed by atoms with Gasteiger partial charge in [-0.05, 0) is 70.8 Å². The van der Waals surface area contributed by atoms with Crippen molar-refractivity contribution in [1.29, 1.82) is 0 Å². The predicted molar refractivity (Wildman–Crippen MR) is 234 cm³/mol. The molecule has 5 nitrogen and oxygen atoms in total. The topological polar surface area (TPSA) is 65.0 Å². The molecule has 57 heavy (non-hydrogen) atoms. The van der Waals surface area contributed by atoms with Gasteiger partial charge in [-0.15, -0.1) is 11.3 Å². The highest BCUT2D eigenvalue weighted by atomic mass is 32.1. The third kappa shape index (κ3) is 5.26. The van der Waals surface area contributed by atoms with Crippen LogP contribution in [0.1, 0.15) is 0 Å². The van der Waals surface area contributed by atoms with Crippen LogP contribution in [0.25, 0.3) is 120 Å². The minimum Gasteiger partial charge on any atom is -0.456 e. The smallest absolute Gasteiger partial charge is 0.164 e. The van der Waals surface area contributed by atoms with Gasteiger partial charge in [-0.3, -0.25) is 0 Å². The molecule has 0 saturated heterocycles. The van der Waals surface area contributed by atoms with Gasteiger partial charge in [-0.2, -0.15) is 0 Å². The summed E-state index contributed by atoms with van der Waals surface area (Å²) in [5.74, 6) is 1.71. The Morgan fingerprint density at radius 1 is 0.316 bits per heavy atom. The van der Waals surface area contributed by atoms with Crippen molar-refractivity contribution in [3.63, 3.8) is 0 Å². The van der Waals surface area contributed by atoms with Crippen LogP contribution in [0.15, 0.2) is 185 Å². The summed E-state index contributed by atoms with van der Waals surface area (Å²) in [7, 11) is 0. The van der Waals surface area contributed by atoms with Gasteiger partial charge < -0.3 is 8.83 Å². The van der Waals surface area contributed by atoms with E-state index >= 15 is 0 Å². The molecule has 8 aromatic carbocycles. The standard InChI is InChI=1S/C51H29N3O2S/c1-2-9-30(10-3-1)33-23-26-44-42(27-33)39-25-22-35(29-46(39)56-44)51-53-49(52-50(54-51)34-21-24-38-37-11-4-6-15-43(37)55-45(38)28-34)32-19-17-31(18-20-32)36-13-8-14-41-40-12-5-7-16-47(40)57-48(36)41/h1-29H. The molecule has 12 aromatic rings. The van der Waals surface area contributed by atoms with Crippen LogP contribution in [-0.4, -0.2) is 15.0 Å². The van der Waals surface area contributed by atoms with Crippen molar-refractivity contribution in [2.45, 2.75) is 0 Å². The summed E-state index contributed by atoms with van der Waals surface area (Å²) in [6.45, 7) is 0. The first-order valence-electron chi connectivity index (χ1n) is 18.9. The van der Waals surface area contributed by atoms with Gasteiger partial charge in [0.25, 0.3) is 0 Å². The van der Waals surface area contributed by atoms with Crippen molar-refractivity contribution in [1.82, 2.24) is 15.0 Å². The first-order chi connectivity index (χ1) is 28.2. The Morgan fingerprint density at radius 2 is 0.860 bits per heavy atom. The molecule has 0 radical (unpaired) electrons. The van der Waals surface area contributed by atoms with Gasteiger partial charge in [0, 0.05) is 58.4 Å². The number of nitrogens with zero attached hydrogens (tertiary/aromatic N) is 3. The van der Waals surface area contributed by atoms with Crippen LogP contribution in [0, 0.1) is 0 Å².